The van der Waals surface area contributed by atoms with Gasteiger partial charge in [0.25, 0.3) is 0 Å². The second-order valence-electron chi connectivity index (χ2n) is 8.41. The lowest BCUT2D eigenvalue weighted by molar-refractivity contribution is -0.381. The van der Waals surface area contributed by atoms with E-state index in [9.17, 15) is 46.0 Å². The van der Waals surface area contributed by atoms with Gasteiger partial charge in [-0.1, -0.05) is 0 Å². The van der Waals surface area contributed by atoms with Crippen LogP contribution < -0.4 is 0 Å². The van der Waals surface area contributed by atoms with Crippen LogP contribution in [-0.2, 0) is 23.7 Å². The first-order valence-corrected chi connectivity index (χ1v) is 10.4. The van der Waals surface area contributed by atoms with Gasteiger partial charge in [0.15, 0.2) is 12.6 Å². The summed E-state index contributed by atoms with van der Waals surface area (Å²) in [4.78, 5) is 0. The van der Waals surface area contributed by atoms with Gasteiger partial charge in [-0.05, 0) is 6.92 Å². The third-order valence-electron chi connectivity index (χ3n) is 6.12. The van der Waals surface area contributed by atoms with Crippen LogP contribution in [0.15, 0.2) is 0 Å². The molecular weight excluding hydrogens is 456 g/mol. The Morgan fingerprint density at radius 3 is 2.00 bits per heavy atom. The molecule has 3 rings (SSSR count). The Morgan fingerprint density at radius 2 is 1.39 bits per heavy atom. The van der Waals surface area contributed by atoms with Gasteiger partial charge >= 0.3 is 0 Å². The minimum Gasteiger partial charge on any atom is -0.394 e. The van der Waals surface area contributed by atoms with E-state index in [1.165, 1.54) is 6.92 Å². The molecule has 0 saturated carbocycles. The minimum absolute atomic E-state index is 0.526. The van der Waals surface area contributed by atoms with E-state index in [1.807, 2.05) is 0 Å². The topological polar surface area (TPSA) is 248 Å². The molecular formula is C18H32O15. The van der Waals surface area contributed by atoms with Gasteiger partial charge in [0, 0.05) is 0 Å². The molecule has 3 fully saturated rings. The highest BCUT2D eigenvalue weighted by Gasteiger charge is 2.53. The van der Waals surface area contributed by atoms with E-state index in [0.717, 1.165) is 0 Å². The lowest BCUT2D eigenvalue weighted by Crippen LogP contribution is -2.66. The molecule has 0 aliphatic carbocycles. The van der Waals surface area contributed by atoms with Crippen molar-refractivity contribution >= 4 is 0 Å². The van der Waals surface area contributed by atoms with E-state index in [4.69, 9.17) is 28.8 Å². The van der Waals surface area contributed by atoms with E-state index in [0.29, 0.717) is 0 Å². The first kappa shape index (κ1) is 27.0. The lowest BCUT2D eigenvalue weighted by Gasteiger charge is -2.47. The Balaban J connectivity index is 1.67. The maximum atomic E-state index is 10.6. The zero-order chi connectivity index (χ0) is 24.7. The van der Waals surface area contributed by atoms with Crippen molar-refractivity contribution in [1.82, 2.24) is 0 Å². The molecule has 3 aliphatic rings. The van der Waals surface area contributed by atoms with E-state index in [2.05, 4.69) is 0 Å². The summed E-state index contributed by atoms with van der Waals surface area (Å²) >= 11 is 0. The van der Waals surface area contributed by atoms with Crippen LogP contribution in [-0.4, -0.2) is 156 Å². The van der Waals surface area contributed by atoms with Crippen LogP contribution in [0, 0.1) is 0 Å². The summed E-state index contributed by atoms with van der Waals surface area (Å²) < 4.78 is 26.5. The molecule has 0 amide bonds. The predicted molar refractivity (Wildman–Crippen MR) is 99.9 cm³/mol. The van der Waals surface area contributed by atoms with Gasteiger partial charge in [0.2, 0.25) is 5.79 Å². The van der Waals surface area contributed by atoms with Crippen LogP contribution in [0.1, 0.15) is 6.92 Å². The lowest BCUT2D eigenvalue weighted by atomic mass is 9.96. The molecule has 0 bridgehead atoms. The monoisotopic (exact) mass is 488 g/mol. The van der Waals surface area contributed by atoms with Crippen LogP contribution in [0.5, 0.6) is 0 Å². The van der Waals surface area contributed by atoms with E-state index in [1.54, 1.807) is 0 Å². The summed E-state index contributed by atoms with van der Waals surface area (Å²) in [7, 11) is 0. The third kappa shape index (κ3) is 5.18. The molecule has 33 heavy (non-hydrogen) atoms. The van der Waals surface area contributed by atoms with Gasteiger partial charge in [-0.3, -0.25) is 0 Å². The summed E-state index contributed by atoms with van der Waals surface area (Å²) in [5.41, 5.74) is 0. The summed E-state index contributed by atoms with van der Waals surface area (Å²) in [5, 5.41) is 99.8. The predicted octanol–water partition coefficient (Wildman–Crippen LogP) is -6.54. The molecule has 3 heterocycles. The highest BCUT2D eigenvalue weighted by atomic mass is 16.8. The first-order valence-electron chi connectivity index (χ1n) is 10.4. The Kier molecular flexibility index (Phi) is 8.65. The third-order valence-corrected chi connectivity index (χ3v) is 6.12. The van der Waals surface area contributed by atoms with Gasteiger partial charge in [0.1, 0.15) is 61.0 Å². The number of hydrogen-bond acceptors (Lipinski definition) is 15. The van der Waals surface area contributed by atoms with Crippen molar-refractivity contribution in [3.05, 3.63) is 0 Å². The van der Waals surface area contributed by atoms with Crippen molar-refractivity contribution < 1.29 is 74.7 Å². The molecule has 0 spiro atoms. The second kappa shape index (κ2) is 10.6. The molecule has 3 saturated heterocycles. The fourth-order valence-electron chi connectivity index (χ4n) is 3.93. The molecule has 14 atom stereocenters. The molecule has 10 N–H and O–H groups in total. The van der Waals surface area contributed by atoms with Gasteiger partial charge in [0.05, 0.1) is 25.9 Å². The minimum atomic E-state index is -2.42. The average Bonchev–Trinajstić information content (AvgIpc) is 2.80. The van der Waals surface area contributed by atoms with Gasteiger partial charge in [-0.25, -0.2) is 0 Å². The van der Waals surface area contributed by atoms with E-state index in [-0.39, 0.29) is 0 Å². The summed E-state index contributed by atoms with van der Waals surface area (Å²) in [6.07, 6.45) is -20.4. The van der Waals surface area contributed by atoms with Crippen molar-refractivity contribution in [2.24, 2.45) is 0 Å². The number of ether oxygens (including phenoxy) is 5. The maximum absolute atomic E-state index is 10.6. The SMILES string of the molecule is C[C@@H]1O[C@@H](O[C@H]2[C@H](O)[C@@H](O)[C@H](O[C@@H]3COC(O)(CO)[C@@H](O)[C@H]3O)O[C@@H]2CO)[C@@H](O)[C@H](O)[C@@H]1O. The van der Waals surface area contributed by atoms with Crippen molar-refractivity contribution in [2.45, 2.75) is 92.4 Å². The number of rotatable bonds is 6. The molecule has 1 unspecified atom stereocenters. The molecule has 0 aromatic rings. The Bertz CT molecular complexity index is 638. The average molecular weight is 488 g/mol. The molecule has 0 radical (unpaired) electrons. The Hall–Kier alpha value is -0.600. The van der Waals surface area contributed by atoms with Crippen molar-refractivity contribution in [3.8, 4) is 0 Å². The maximum Gasteiger partial charge on any atom is 0.218 e. The highest BCUT2D eigenvalue weighted by molar-refractivity contribution is 4.96. The summed E-state index contributed by atoms with van der Waals surface area (Å²) in [5.74, 6) is -2.42. The number of aliphatic hydroxyl groups is 10. The highest BCUT2D eigenvalue weighted by Crippen LogP contribution is 2.32. The van der Waals surface area contributed by atoms with Crippen LogP contribution in [0.3, 0.4) is 0 Å². The molecule has 0 aromatic heterocycles. The number of aliphatic hydroxyl groups excluding tert-OH is 9. The van der Waals surface area contributed by atoms with E-state index >= 15 is 0 Å². The number of hydrogen-bond donors (Lipinski definition) is 10. The van der Waals surface area contributed by atoms with Crippen molar-refractivity contribution in [3.63, 3.8) is 0 Å². The molecule has 3 aliphatic heterocycles. The van der Waals surface area contributed by atoms with Crippen LogP contribution in [0.25, 0.3) is 0 Å². The second-order valence-corrected chi connectivity index (χ2v) is 8.41. The normalized spacial score (nSPS) is 53.7. The largest absolute Gasteiger partial charge is 0.394 e. The van der Waals surface area contributed by atoms with Crippen LogP contribution >= 0.6 is 0 Å². The molecule has 0 aromatic carbocycles. The molecule has 15 nitrogen and oxygen atoms in total. The van der Waals surface area contributed by atoms with E-state index < -0.39 is 105 Å². The fourth-order valence-corrected chi connectivity index (χ4v) is 3.93. The Morgan fingerprint density at radius 1 is 0.788 bits per heavy atom. The smallest absolute Gasteiger partial charge is 0.218 e. The fraction of sp³-hybridized carbons (Fsp3) is 1.00. The van der Waals surface area contributed by atoms with Crippen molar-refractivity contribution in [1.29, 1.82) is 0 Å². The van der Waals surface area contributed by atoms with Gasteiger partial charge in [-0.2, -0.15) is 0 Å². The zero-order valence-electron chi connectivity index (χ0n) is 17.6. The van der Waals surface area contributed by atoms with Crippen LogP contribution in [0.4, 0.5) is 0 Å². The summed E-state index contributed by atoms with van der Waals surface area (Å²) in [6, 6.07) is 0. The molecule has 194 valence electrons. The quantitative estimate of drug-likeness (QED) is 0.167. The Labute approximate surface area is 187 Å². The standard InChI is InChI=1S/C18H32O15/c1-5-8(21)10(23)12(25)16(30-5)33-14-6(2-19)31-17(13(26)11(14)24)32-7-3-29-18(28,4-20)15(27)9(7)22/h5-17,19-28H,2-4H2,1H3/t5-,6+,7+,8+,9-,10+,11+,12-,13+,14+,15-,16-,17-,18?/m0/s1. The van der Waals surface area contributed by atoms with Gasteiger partial charge in [-0.15, -0.1) is 0 Å². The zero-order valence-corrected chi connectivity index (χ0v) is 17.6. The molecule has 15 heteroatoms. The summed E-state index contributed by atoms with van der Waals surface area (Å²) in [6.45, 7) is -0.878. The van der Waals surface area contributed by atoms with Crippen molar-refractivity contribution in [2.75, 3.05) is 19.8 Å². The first-order chi connectivity index (χ1) is 15.4. The van der Waals surface area contributed by atoms with Gasteiger partial charge < -0.3 is 74.7 Å². The van der Waals surface area contributed by atoms with Crippen LogP contribution in [0.2, 0.25) is 0 Å².